The Balaban J connectivity index is 2.02. The van der Waals surface area contributed by atoms with Crippen molar-refractivity contribution < 1.29 is 9.94 Å². The molecule has 2 aliphatic heterocycles. The zero-order valence-corrected chi connectivity index (χ0v) is 12.8. The zero-order chi connectivity index (χ0) is 14.6. The molecule has 2 unspecified atom stereocenters. The highest BCUT2D eigenvalue weighted by Crippen LogP contribution is 2.48. The molecule has 0 fully saturated rings. The summed E-state index contributed by atoms with van der Waals surface area (Å²) in [6.07, 6.45) is 0. The predicted octanol–water partition coefficient (Wildman–Crippen LogP) is 4.03. The highest BCUT2D eigenvalue weighted by molar-refractivity contribution is 7.99. The SMILES string of the molecule is CC1(O)ON=C2c3cc(Cl)ccc3Sc3ccccc3C21. The third kappa shape index (κ3) is 1.98. The van der Waals surface area contributed by atoms with Gasteiger partial charge >= 0.3 is 0 Å². The van der Waals surface area contributed by atoms with Crippen LogP contribution in [0.15, 0.2) is 57.4 Å². The maximum absolute atomic E-state index is 10.6. The standard InChI is InChI=1S/C16H12ClNO2S/c1-16(19)14-10-4-2-3-5-12(10)21-13-7-6-9(17)8-11(13)15(14)18-20-16/h2-8,14,19H,1H3. The van der Waals surface area contributed by atoms with Gasteiger partial charge in [-0.25, -0.2) is 0 Å². The van der Waals surface area contributed by atoms with Crippen molar-refractivity contribution in [3.8, 4) is 0 Å². The average Bonchev–Trinajstić information content (AvgIpc) is 2.69. The molecule has 0 spiro atoms. The zero-order valence-electron chi connectivity index (χ0n) is 11.2. The highest BCUT2D eigenvalue weighted by atomic mass is 35.5. The molecule has 5 heteroatoms. The second-order valence-corrected chi connectivity index (χ2v) is 6.86. The summed E-state index contributed by atoms with van der Waals surface area (Å²) in [5.41, 5.74) is 2.68. The van der Waals surface area contributed by atoms with Gasteiger partial charge in [-0.15, -0.1) is 0 Å². The van der Waals surface area contributed by atoms with Crippen molar-refractivity contribution in [1.29, 1.82) is 0 Å². The number of fused-ring (bicyclic) bond motifs is 5. The van der Waals surface area contributed by atoms with E-state index in [1.54, 1.807) is 18.7 Å². The van der Waals surface area contributed by atoms with Crippen molar-refractivity contribution in [3.05, 3.63) is 58.6 Å². The molecule has 0 bridgehead atoms. The van der Waals surface area contributed by atoms with Gasteiger partial charge in [-0.3, -0.25) is 0 Å². The molecule has 3 nitrogen and oxygen atoms in total. The minimum absolute atomic E-state index is 0.319. The third-order valence-electron chi connectivity index (χ3n) is 3.81. The summed E-state index contributed by atoms with van der Waals surface area (Å²) in [5, 5.41) is 15.4. The molecule has 2 aliphatic rings. The fourth-order valence-electron chi connectivity index (χ4n) is 2.86. The number of hydrogen-bond donors (Lipinski definition) is 1. The van der Waals surface area contributed by atoms with Gasteiger partial charge in [0, 0.05) is 27.3 Å². The summed E-state index contributed by atoms with van der Waals surface area (Å²) < 4.78 is 0. The molecule has 0 aromatic heterocycles. The van der Waals surface area contributed by atoms with Gasteiger partial charge in [0.05, 0.1) is 5.92 Å². The molecule has 2 aromatic carbocycles. The van der Waals surface area contributed by atoms with E-state index < -0.39 is 5.79 Å². The van der Waals surface area contributed by atoms with Gasteiger partial charge in [-0.1, -0.05) is 46.7 Å². The number of benzene rings is 2. The lowest BCUT2D eigenvalue weighted by molar-refractivity contribution is -0.179. The number of halogens is 1. The molecule has 2 aromatic rings. The Morgan fingerprint density at radius 1 is 1.24 bits per heavy atom. The predicted molar refractivity (Wildman–Crippen MR) is 83.0 cm³/mol. The van der Waals surface area contributed by atoms with Gasteiger partial charge in [0.2, 0.25) is 5.79 Å². The second kappa shape index (κ2) is 4.50. The third-order valence-corrected chi connectivity index (χ3v) is 5.21. The molecule has 0 amide bonds. The van der Waals surface area contributed by atoms with Crippen LogP contribution in [0.5, 0.6) is 0 Å². The lowest BCUT2D eigenvalue weighted by Crippen LogP contribution is -2.34. The number of oxime groups is 1. The van der Waals surface area contributed by atoms with E-state index in [1.165, 1.54) is 0 Å². The van der Waals surface area contributed by atoms with E-state index >= 15 is 0 Å². The average molecular weight is 318 g/mol. The summed E-state index contributed by atoms with van der Waals surface area (Å²) in [6.45, 7) is 1.64. The van der Waals surface area contributed by atoms with E-state index in [-0.39, 0.29) is 5.92 Å². The Morgan fingerprint density at radius 2 is 2.05 bits per heavy atom. The van der Waals surface area contributed by atoms with Gasteiger partial charge in [0.15, 0.2) is 0 Å². The van der Waals surface area contributed by atoms with E-state index in [1.807, 2.05) is 36.4 Å². The largest absolute Gasteiger partial charge is 0.359 e. The first-order valence-electron chi connectivity index (χ1n) is 6.61. The van der Waals surface area contributed by atoms with Crippen molar-refractivity contribution in [1.82, 2.24) is 0 Å². The van der Waals surface area contributed by atoms with Crippen LogP contribution in [0.2, 0.25) is 5.02 Å². The maximum Gasteiger partial charge on any atom is 0.244 e. The van der Waals surface area contributed by atoms with E-state index in [2.05, 4.69) is 11.2 Å². The Bertz CT molecular complexity index is 773. The monoisotopic (exact) mass is 317 g/mol. The van der Waals surface area contributed by atoms with Crippen molar-refractivity contribution in [2.24, 2.45) is 5.16 Å². The minimum Gasteiger partial charge on any atom is -0.359 e. The second-order valence-electron chi connectivity index (χ2n) is 5.34. The smallest absolute Gasteiger partial charge is 0.244 e. The van der Waals surface area contributed by atoms with Crippen LogP contribution < -0.4 is 0 Å². The quantitative estimate of drug-likeness (QED) is 0.797. The summed E-state index contributed by atoms with van der Waals surface area (Å²) >= 11 is 7.80. The molecule has 0 saturated heterocycles. The van der Waals surface area contributed by atoms with Gasteiger partial charge in [-0.2, -0.15) is 0 Å². The molecular formula is C16H12ClNO2S. The van der Waals surface area contributed by atoms with Gasteiger partial charge in [0.1, 0.15) is 5.71 Å². The maximum atomic E-state index is 10.6. The van der Waals surface area contributed by atoms with Crippen LogP contribution in [0.1, 0.15) is 24.0 Å². The van der Waals surface area contributed by atoms with Crippen LogP contribution in [0.25, 0.3) is 0 Å². The molecule has 0 radical (unpaired) electrons. The number of aliphatic hydroxyl groups is 1. The molecule has 4 rings (SSSR count). The van der Waals surface area contributed by atoms with E-state index in [9.17, 15) is 5.11 Å². The molecule has 0 aliphatic carbocycles. The number of hydrogen-bond acceptors (Lipinski definition) is 4. The summed E-state index contributed by atoms with van der Waals surface area (Å²) in [4.78, 5) is 7.45. The summed E-state index contributed by atoms with van der Waals surface area (Å²) in [6, 6.07) is 13.8. The first-order chi connectivity index (χ1) is 10.1. The van der Waals surface area contributed by atoms with Gasteiger partial charge < -0.3 is 9.94 Å². The number of rotatable bonds is 0. The van der Waals surface area contributed by atoms with Crippen molar-refractivity contribution in [2.75, 3.05) is 0 Å². The molecule has 2 heterocycles. The van der Waals surface area contributed by atoms with Crippen molar-refractivity contribution in [2.45, 2.75) is 28.4 Å². The lowest BCUT2D eigenvalue weighted by atomic mass is 9.85. The first kappa shape index (κ1) is 13.2. The lowest BCUT2D eigenvalue weighted by Gasteiger charge is -2.24. The Hall–Kier alpha value is -1.49. The number of nitrogens with zero attached hydrogens (tertiary/aromatic N) is 1. The van der Waals surface area contributed by atoms with Crippen LogP contribution in [-0.4, -0.2) is 16.6 Å². The molecule has 0 saturated carbocycles. The molecule has 21 heavy (non-hydrogen) atoms. The van der Waals surface area contributed by atoms with Crippen LogP contribution in [-0.2, 0) is 4.84 Å². The molecule has 2 atom stereocenters. The van der Waals surface area contributed by atoms with Crippen molar-refractivity contribution >= 4 is 29.1 Å². The Morgan fingerprint density at radius 3 is 2.90 bits per heavy atom. The fourth-order valence-corrected chi connectivity index (χ4v) is 4.13. The van der Waals surface area contributed by atoms with Crippen LogP contribution >= 0.6 is 23.4 Å². The Labute approximate surface area is 131 Å². The summed E-state index contributed by atoms with van der Waals surface area (Å²) in [7, 11) is 0. The van der Waals surface area contributed by atoms with E-state index in [0.29, 0.717) is 5.02 Å². The van der Waals surface area contributed by atoms with Crippen LogP contribution in [0.3, 0.4) is 0 Å². The topological polar surface area (TPSA) is 41.8 Å². The van der Waals surface area contributed by atoms with Gasteiger partial charge in [0.25, 0.3) is 0 Å². The highest BCUT2D eigenvalue weighted by Gasteiger charge is 2.47. The molecular weight excluding hydrogens is 306 g/mol. The van der Waals surface area contributed by atoms with E-state index in [0.717, 1.165) is 26.6 Å². The first-order valence-corrected chi connectivity index (χ1v) is 7.81. The molecule has 1 N–H and O–H groups in total. The van der Waals surface area contributed by atoms with E-state index in [4.69, 9.17) is 16.4 Å². The van der Waals surface area contributed by atoms with Crippen LogP contribution in [0.4, 0.5) is 0 Å². The fraction of sp³-hybridized carbons (Fsp3) is 0.188. The van der Waals surface area contributed by atoms with Crippen LogP contribution in [0, 0.1) is 0 Å². The summed E-state index contributed by atoms with van der Waals surface area (Å²) in [5.74, 6) is -1.67. The van der Waals surface area contributed by atoms with Gasteiger partial charge in [-0.05, 0) is 29.8 Å². The minimum atomic E-state index is -1.35. The van der Waals surface area contributed by atoms with Crippen molar-refractivity contribution in [3.63, 3.8) is 0 Å². The molecule has 106 valence electrons. The Kier molecular flexibility index (Phi) is 2.83. The normalized spacial score (nSPS) is 26.0.